The molecule has 1 fully saturated rings. The van der Waals surface area contributed by atoms with E-state index in [1.54, 1.807) is 31.3 Å². The lowest BCUT2D eigenvalue weighted by Crippen LogP contribution is -2.16. The second kappa shape index (κ2) is 7.13. The molecular formula is C18H20N2O3. The van der Waals surface area contributed by atoms with Crippen LogP contribution in [0.1, 0.15) is 35.9 Å². The molecule has 0 saturated carbocycles. The molecule has 23 heavy (non-hydrogen) atoms. The van der Waals surface area contributed by atoms with Crippen LogP contribution >= 0.6 is 0 Å². The number of ether oxygens (including phenoxy) is 1. The fourth-order valence-electron chi connectivity index (χ4n) is 2.58. The summed E-state index contributed by atoms with van der Waals surface area (Å²) in [6.45, 7) is 4.24. The Morgan fingerprint density at radius 2 is 2.13 bits per heavy atom. The van der Waals surface area contributed by atoms with Crippen molar-refractivity contribution >= 4 is 23.8 Å². The SMILES string of the molecule is CCOC(=O)c1cccc(N=Cc2ccc(N3CCCC3)o2)c1. The Kier molecular flexibility index (Phi) is 4.76. The molecule has 0 unspecified atom stereocenters. The third-order valence-corrected chi connectivity index (χ3v) is 3.73. The number of carbonyl (C=O) groups excluding carboxylic acids is 1. The number of anilines is 1. The van der Waals surface area contributed by atoms with E-state index < -0.39 is 0 Å². The van der Waals surface area contributed by atoms with Crippen molar-refractivity contribution in [1.29, 1.82) is 0 Å². The van der Waals surface area contributed by atoms with Gasteiger partial charge in [-0.2, -0.15) is 0 Å². The van der Waals surface area contributed by atoms with Crippen molar-refractivity contribution in [3.8, 4) is 0 Å². The average molecular weight is 312 g/mol. The second-order valence-electron chi connectivity index (χ2n) is 5.40. The molecule has 2 aromatic rings. The monoisotopic (exact) mass is 312 g/mol. The summed E-state index contributed by atoms with van der Waals surface area (Å²) in [5, 5.41) is 0. The lowest BCUT2D eigenvalue weighted by molar-refractivity contribution is 0.0526. The van der Waals surface area contributed by atoms with Gasteiger partial charge in [-0.05, 0) is 44.0 Å². The molecule has 120 valence electrons. The first kappa shape index (κ1) is 15.3. The first-order valence-electron chi connectivity index (χ1n) is 7.92. The molecule has 5 heteroatoms. The van der Waals surface area contributed by atoms with Gasteiger partial charge in [0, 0.05) is 19.2 Å². The highest BCUT2D eigenvalue weighted by molar-refractivity contribution is 5.90. The van der Waals surface area contributed by atoms with Crippen molar-refractivity contribution in [3.63, 3.8) is 0 Å². The highest BCUT2D eigenvalue weighted by Gasteiger charge is 2.15. The topological polar surface area (TPSA) is 55.0 Å². The third-order valence-electron chi connectivity index (χ3n) is 3.73. The molecule has 0 spiro atoms. The summed E-state index contributed by atoms with van der Waals surface area (Å²) in [4.78, 5) is 18.3. The summed E-state index contributed by atoms with van der Waals surface area (Å²) in [7, 11) is 0. The van der Waals surface area contributed by atoms with Gasteiger partial charge in [-0.3, -0.25) is 4.99 Å². The van der Waals surface area contributed by atoms with Crippen LogP contribution < -0.4 is 4.90 Å². The predicted octanol–water partition coefficient (Wildman–Crippen LogP) is 3.81. The van der Waals surface area contributed by atoms with E-state index in [1.807, 2.05) is 18.2 Å². The molecular weight excluding hydrogens is 292 g/mol. The lowest BCUT2D eigenvalue weighted by Gasteiger charge is -2.12. The van der Waals surface area contributed by atoms with Crippen LogP contribution in [0.15, 0.2) is 45.8 Å². The highest BCUT2D eigenvalue weighted by atomic mass is 16.5. The fraction of sp³-hybridized carbons (Fsp3) is 0.333. The minimum Gasteiger partial charge on any atom is -0.462 e. The van der Waals surface area contributed by atoms with Gasteiger partial charge in [0.05, 0.1) is 24.1 Å². The van der Waals surface area contributed by atoms with Crippen molar-refractivity contribution < 1.29 is 13.9 Å². The summed E-state index contributed by atoms with van der Waals surface area (Å²) in [6, 6.07) is 10.9. The van der Waals surface area contributed by atoms with E-state index in [1.165, 1.54) is 12.8 Å². The van der Waals surface area contributed by atoms with Gasteiger partial charge in [0.2, 0.25) is 0 Å². The van der Waals surface area contributed by atoms with Gasteiger partial charge in [0.25, 0.3) is 0 Å². The smallest absolute Gasteiger partial charge is 0.338 e. The van der Waals surface area contributed by atoms with Gasteiger partial charge in [0.1, 0.15) is 5.76 Å². The zero-order valence-electron chi connectivity index (χ0n) is 13.2. The Balaban J connectivity index is 1.70. The molecule has 1 aliphatic rings. The van der Waals surface area contributed by atoms with Crippen LogP contribution in [0.4, 0.5) is 11.6 Å². The van der Waals surface area contributed by atoms with Crippen LogP contribution in [0.25, 0.3) is 0 Å². The molecule has 0 aliphatic carbocycles. The highest BCUT2D eigenvalue weighted by Crippen LogP contribution is 2.22. The fourth-order valence-corrected chi connectivity index (χ4v) is 2.58. The van der Waals surface area contributed by atoms with Gasteiger partial charge < -0.3 is 14.1 Å². The molecule has 1 aliphatic heterocycles. The molecule has 1 aromatic heterocycles. The predicted molar refractivity (Wildman–Crippen MR) is 89.8 cm³/mol. The van der Waals surface area contributed by atoms with Gasteiger partial charge in [0.15, 0.2) is 5.88 Å². The van der Waals surface area contributed by atoms with Crippen LogP contribution in [0.2, 0.25) is 0 Å². The number of carbonyl (C=O) groups is 1. The van der Waals surface area contributed by atoms with Gasteiger partial charge in [-0.25, -0.2) is 4.79 Å². The zero-order valence-corrected chi connectivity index (χ0v) is 13.2. The number of aliphatic imine (C=N–C) groups is 1. The summed E-state index contributed by atoms with van der Waals surface area (Å²) >= 11 is 0. The van der Waals surface area contributed by atoms with Crippen LogP contribution in [0, 0.1) is 0 Å². The largest absolute Gasteiger partial charge is 0.462 e. The number of nitrogens with zero attached hydrogens (tertiary/aromatic N) is 2. The van der Waals surface area contributed by atoms with E-state index in [-0.39, 0.29) is 5.97 Å². The minimum atomic E-state index is -0.334. The molecule has 1 saturated heterocycles. The minimum absolute atomic E-state index is 0.334. The van der Waals surface area contributed by atoms with Gasteiger partial charge in [-0.1, -0.05) is 6.07 Å². The average Bonchev–Trinajstić information content (AvgIpc) is 3.24. The van der Waals surface area contributed by atoms with Crippen LogP contribution in [-0.4, -0.2) is 31.9 Å². The number of hydrogen-bond donors (Lipinski definition) is 0. The Hall–Kier alpha value is -2.56. The van der Waals surface area contributed by atoms with Crippen molar-refractivity contribution in [2.75, 3.05) is 24.6 Å². The first-order chi connectivity index (χ1) is 11.3. The molecule has 0 radical (unpaired) electrons. The summed E-state index contributed by atoms with van der Waals surface area (Å²) < 4.78 is 10.8. The number of rotatable bonds is 5. The first-order valence-corrected chi connectivity index (χ1v) is 7.92. The Morgan fingerprint density at radius 1 is 1.30 bits per heavy atom. The van der Waals surface area contributed by atoms with E-state index in [0.717, 1.165) is 19.0 Å². The molecule has 0 bridgehead atoms. The van der Waals surface area contributed by atoms with Crippen LogP contribution in [-0.2, 0) is 4.74 Å². The number of esters is 1. The van der Waals surface area contributed by atoms with E-state index in [0.29, 0.717) is 23.6 Å². The summed E-state index contributed by atoms with van der Waals surface area (Å²) in [5.74, 6) is 1.26. The van der Waals surface area contributed by atoms with Crippen LogP contribution in [0.5, 0.6) is 0 Å². The molecule has 0 atom stereocenters. The third kappa shape index (κ3) is 3.80. The molecule has 1 aromatic carbocycles. The maximum atomic E-state index is 11.7. The molecule has 0 N–H and O–H groups in total. The summed E-state index contributed by atoms with van der Waals surface area (Å²) in [5.41, 5.74) is 1.19. The maximum absolute atomic E-state index is 11.7. The number of hydrogen-bond acceptors (Lipinski definition) is 5. The van der Waals surface area contributed by atoms with Crippen molar-refractivity contribution in [2.24, 2.45) is 4.99 Å². The zero-order chi connectivity index (χ0) is 16.1. The standard InChI is InChI=1S/C18H20N2O3/c1-2-22-18(21)14-6-5-7-15(12-14)19-13-16-8-9-17(23-16)20-10-3-4-11-20/h5-9,12-13H,2-4,10-11H2,1H3. The molecule has 5 nitrogen and oxygen atoms in total. The maximum Gasteiger partial charge on any atom is 0.338 e. The number of furan rings is 1. The van der Waals surface area contributed by atoms with Crippen molar-refractivity contribution in [2.45, 2.75) is 19.8 Å². The quantitative estimate of drug-likeness (QED) is 0.622. The van der Waals surface area contributed by atoms with E-state index >= 15 is 0 Å². The number of benzene rings is 1. The Labute approximate surface area is 135 Å². The van der Waals surface area contributed by atoms with Crippen molar-refractivity contribution in [1.82, 2.24) is 0 Å². The van der Waals surface area contributed by atoms with Gasteiger partial charge >= 0.3 is 5.97 Å². The molecule has 3 rings (SSSR count). The molecule has 2 heterocycles. The van der Waals surface area contributed by atoms with E-state index in [2.05, 4.69) is 9.89 Å². The Bertz CT molecular complexity index is 700. The van der Waals surface area contributed by atoms with Crippen LogP contribution in [0.3, 0.4) is 0 Å². The summed E-state index contributed by atoms with van der Waals surface area (Å²) in [6.07, 6.45) is 4.10. The lowest BCUT2D eigenvalue weighted by atomic mass is 10.2. The van der Waals surface area contributed by atoms with E-state index in [4.69, 9.17) is 9.15 Å². The molecule has 0 amide bonds. The normalized spacial score (nSPS) is 14.6. The van der Waals surface area contributed by atoms with E-state index in [9.17, 15) is 4.79 Å². The Morgan fingerprint density at radius 3 is 2.91 bits per heavy atom. The second-order valence-corrected chi connectivity index (χ2v) is 5.40. The van der Waals surface area contributed by atoms with Gasteiger partial charge in [-0.15, -0.1) is 0 Å². The van der Waals surface area contributed by atoms with Crippen molar-refractivity contribution in [3.05, 3.63) is 47.7 Å².